The number of carbonyl (C=O) groups is 2. The second kappa shape index (κ2) is 5.98. The zero-order valence-electron chi connectivity index (χ0n) is 10.2. The van der Waals surface area contributed by atoms with Gasteiger partial charge in [-0.15, -0.1) is 0 Å². The van der Waals surface area contributed by atoms with Gasteiger partial charge >= 0.3 is 0 Å². The highest BCUT2D eigenvalue weighted by Crippen LogP contribution is 2.12. The van der Waals surface area contributed by atoms with Crippen LogP contribution in [0.2, 0.25) is 0 Å². The van der Waals surface area contributed by atoms with E-state index in [-0.39, 0.29) is 38.2 Å². The zero-order chi connectivity index (χ0) is 13.7. The highest BCUT2D eigenvalue weighted by Gasteiger charge is 2.26. The highest BCUT2D eigenvalue weighted by atomic mass is 16.5. The van der Waals surface area contributed by atoms with Crippen molar-refractivity contribution < 1.29 is 19.1 Å². The van der Waals surface area contributed by atoms with Crippen molar-refractivity contribution in [1.29, 1.82) is 5.26 Å². The summed E-state index contributed by atoms with van der Waals surface area (Å²) < 4.78 is 10.2. The third-order valence-electron chi connectivity index (χ3n) is 2.60. The molecule has 0 aromatic heterocycles. The van der Waals surface area contributed by atoms with Crippen LogP contribution in [0.15, 0.2) is 24.3 Å². The molecule has 0 spiro atoms. The van der Waals surface area contributed by atoms with Gasteiger partial charge in [0.1, 0.15) is 25.6 Å². The summed E-state index contributed by atoms with van der Waals surface area (Å²) >= 11 is 0. The van der Waals surface area contributed by atoms with Gasteiger partial charge in [-0.25, -0.2) is 0 Å². The summed E-state index contributed by atoms with van der Waals surface area (Å²) in [5.74, 6) is -0.177. The Labute approximate surface area is 110 Å². The topological polar surface area (TPSA) is 79.6 Å². The molecule has 0 saturated carbocycles. The maximum Gasteiger partial charge on any atom is 0.255 e. The number of hydrogen-bond acceptors (Lipinski definition) is 5. The Morgan fingerprint density at radius 2 is 2.05 bits per heavy atom. The molecule has 0 N–H and O–H groups in total. The van der Waals surface area contributed by atoms with E-state index in [9.17, 15) is 9.59 Å². The summed E-state index contributed by atoms with van der Waals surface area (Å²) in [5.41, 5.74) is 0.496. The molecule has 6 nitrogen and oxygen atoms in total. The van der Waals surface area contributed by atoms with Gasteiger partial charge < -0.3 is 9.47 Å². The van der Waals surface area contributed by atoms with E-state index >= 15 is 0 Å². The Bertz CT molecular complexity index is 520. The molecule has 6 heteroatoms. The molecule has 1 aliphatic heterocycles. The van der Waals surface area contributed by atoms with Crippen molar-refractivity contribution in [1.82, 2.24) is 4.90 Å². The van der Waals surface area contributed by atoms with E-state index in [2.05, 4.69) is 0 Å². The van der Waals surface area contributed by atoms with Gasteiger partial charge in [0.2, 0.25) is 0 Å². The van der Waals surface area contributed by atoms with Gasteiger partial charge in [0.05, 0.1) is 18.2 Å². The average molecular weight is 260 g/mol. The van der Waals surface area contributed by atoms with Crippen molar-refractivity contribution in [3.63, 3.8) is 0 Å². The predicted octanol–water partition coefficient (Wildman–Crippen LogP) is 0.322. The van der Waals surface area contributed by atoms with Crippen LogP contribution in [0.1, 0.15) is 5.56 Å². The number of morpholine rings is 1. The third-order valence-corrected chi connectivity index (χ3v) is 2.60. The van der Waals surface area contributed by atoms with Gasteiger partial charge in [-0.2, -0.15) is 5.26 Å². The van der Waals surface area contributed by atoms with E-state index < -0.39 is 0 Å². The summed E-state index contributed by atoms with van der Waals surface area (Å²) in [6.45, 7) is 0.218. The van der Waals surface area contributed by atoms with Crippen LogP contribution in [0.4, 0.5) is 0 Å². The smallest absolute Gasteiger partial charge is 0.255 e. The van der Waals surface area contributed by atoms with Crippen molar-refractivity contribution >= 4 is 11.8 Å². The lowest BCUT2D eigenvalue weighted by Gasteiger charge is -2.24. The molecule has 1 aromatic carbocycles. The van der Waals surface area contributed by atoms with Gasteiger partial charge in [0.15, 0.2) is 0 Å². The molecule has 19 heavy (non-hydrogen) atoms. The number of hydrogen-bond donors (Lipinski definition) is 0. The van der Waals surface area contributed by atoms with Crippen LogP contribution in [0.3, 0.4) is 0 Å². The number of rotatable bonds is 4. The van der Waals surface area contributed by atoms with E-state index in [4.69, 9.17) is 14.7 Å². The lowest BCUT2D eigenvalue weighted by molar-refractivity contribution is -0.158. The first-order valence-corrected chi connectivity index (χ1v) is 5.74. The lowest BCUT2D eigenvalue weighted by atomic mass is 10.2. The number of amides is 2. The fourth-order valence-corrected chi connectivity index (χ4v) is 1.68. The Morgan fingerprint density at radius 1 is 1.32 bits per heavy atom. The second-order valence-electron chi connectivity index (χ2n) is 3.92. The van der Waals surface area contributed by atoms with Crippen molar-refractivity contribution in [2.75, 3.05) is 26.4 Å². The van der Waals surface area contributed by atoms with E-state index in [1.165, 1.54) is 0 Å². The molecule has 98 valence electrons. The minimum Gasteiger partial charge on any atom is -0.492 e. The van der Waals surface area contributed by atoms with Gasteiger partial charge in [0.25, 0.3) is 11.8 Å². The van der Waals surface area contributed by atoms with Gasteiger partial charge in [-0.05, 0) is 18.2 Å². The molecule has 1 aromatic rings. The SMILES string of the molecule is N#Cc1cccc(OCCN2C(=O)COCC2=O)c1. The largest absolute Gasteiger partial charge is 0.492 e. The Hall–Kier alpha value is -2.39. The van der Waals surface area contributed by atoms with Crippen molar-refractivity contribution in [3.05, 3.63) is 29.8 Å². The fourth-order valence-electron chi connectivity index (χ4n) is 1.68. The third kappa shape index (κ3) is 3.30. The van der Waals surface area contributed by atoms with Crippen LogP contribution >= 0.6 is 0 Å². The van der Waals surface area contributed by atoms with Crippen LogP contribution in [0.5, 0.6) is 5.75 Å². The molecule has 1 fully saturated rings. The summed E-state index contributed by atoms with van der Waals surface area (Å²) in [7, 11) is 0. The van der Waals surface area contributed by atoms with E-state index in [0.29, 0.717) is 11.3 Å². The normalized spacial score (nSPS) is 15.2. The minimum absolute atomic E-state index is 0.0738. The maximum absolute atomic E-state index is 11.4. The number of imide groups is 1. The van der Waals surface area contributed by atoms with E-state index in [1.807, 2.05) is 6.07 Å². The first-order valence-electron chi connectivity index (χ1n) is 5.74. The molecule has 0 atom stereocenters. The van der Waals surface area contributed by atoms with Crippen molar-refractivity contribution in [2.45, 2.75) is 0 Å². The lowest BCUT2D eigenvalue weighted by Crippen LogP contribution is -2.47. The molecule has 1 aliphatic rings. The maximum atomic E-state index is 11.4. The van der Waals surface area contributed by atoms with Crippen molar-refractivity contribution in [3.8, 4) is 11.8 Å². The summed E-state index contributed by atoms with van der Waals surface area (Å²) in [5, 5.41) is 8.74. The molecule has 1 heterocycles. The quantitative estimate of drug-likeness (QED) is 0.728. The Balaban J connectivity index is 1.87. The van der Waals surface area contributed by atoms with Crippen LogP contribution in [-0.4, -0.2) is 43.1 Å². The average Bonchev–Trinajstić information content (AvgIpc) is 2.42. The van der Waals surface area contributed by atoms with Crippen LogP contribution in [-0.2, 0) is 14.3 Å². The van der Waals surface area contributed by atoms with Crippen molar-refractivity contribution in [2.24, 2.45) is 0 Å². The standard InChI is InChI=1S/C13H12N2O4/c14-7-10-2-1-3-11(6-10)19-5-4-15-12(16)8-18-9-13(15)17/h1-3,6H,4-5,8-9H2. The first-order chi connectivity index (χ1) is 9.20. The number of nitrogens with zero attached hydrogens (tertiary/aromatic N) is 2. The Kier molecular flexibility index (Phi) is 4.11. The molecular weight excluding hydrogens is 248 g/mol. The van der Waals surface area contributed by atoms with Crippen LogP contribution in [0, 0.1) is 11.3 Å². The summed E-state index contributed by atoms with van der Waals surface area (Å²) in [4.78, 5) is 24.0. The highest BCUT2D eigenvalue weighted by molar-refractivity contribution is 5.98. The van der Waals surface area contributed by atoms with Crippen LogP contribution in [0.25, 0.3) is 0 Å². The molecular formula is C13H12N2O4. The van der Waals surface area contributed by atoms with E-state index in [1.54, 1.807) is 24.3 Å². The van der Waals surface area contributed by atoms with E-state index in [0.717, 1.165) is 4.90 Å². The molecule has 0 aliphatic carbocycles. The molecule has 0 bridgehead atoms. The monoisotopic (exact) mass is 260 g/mol. The second-order valence-corrected chi connectivity index (χ2v) is 3.92. The van der Waals surface area contributed by atoms with Gasteiger partial charge in [-0.3, -0.25) is 14.5 Å². The number of nitriles is 1. The summed E-state index contributed by atoms with van der Waals surface area (Å²) in [6, 6.07) is 8.69. The molecule has 2 amide bonds. The first kappa shape index (κ1) is 13.1. The summed E-state index contributed by atoms with van der Waals surface area (Å²) in [6.07, 6.45) is 0. The number of benzene rings is 1. The molecule has 1 saturated heterocycles. The minimum atomic E-state index is -0.356. The Morgan fingerprint density at radius 3 is 2.74 bits per heavy atom. The zero-order valence-corrected chi connectivity index (χ0v) is 10.2. The number of ether oxygens (including phenoxy) is 2. The van der Waals surface area contributed by atoms with Gasteiger partial charge in [-0.1, -0.05) is 6.07 Å². The van der Waals surface area contributed by atoms with Gasteiger partial charge in [0, 0.05) is 0 Å². The molecule has 2 rings (SSSR count). The van der Waals surface area contributed by atoms with Crippen LogP contribution < -0.4 is 4.74 Å². The molecule has 0 radical (unpaired) electrons. The molecule has 0 unspecified atom stereocenters. The fraction of sp³-hybridized carbons (Fsp3) is 0.308. The predicted molar refractivity (Wildman–Crippen MR) is 64.2 cm³/mol. The number of carbonyl (C=O) groups excluding carboxylic acids is 2.